The molecule has 1 aliphatic rings. The molecule has 0 spiro atoms. The number of nitrogens with one attached hydrogen (secondary N) is 2. The van der Waals surface area contributed by atoms with Crippen molar-refractivity contribution < 1.29 is 18.7 Å². The maximum Gasteiger partial charge on any atom is 0.337 e. The lowest BCUT2D eigenvalue weighted by Gasteiger charge is -2.31. The molecule has 0 radical (unpaired) electrons. The lowest BCUT2D eigenvalue weighted by atomic mass is 9.90. The van der Waals surface area contributed by atoms with Crippen molar-refractivity contribution in [3.8, 4) is 0 Å². The maximum atomic E-state index is 13.3. The molecule has 0 fully saturated rings. The van der Waals surface area contributed by atoms with Crippen LogP contribution in [0.5, 0.6) is 0 Å². The summed E-state index contributed by atoms with van der Waals surface area (Å²) in [5.41, 5.74) is 2.83. The first-order chi connectivity index (χ1) is 12.9. The molecule has 0 unspecified atom stereocenters. The van der Waals surface area contributed by atoms with Crippen LogP contribution in [0.15, 0.2) is 54.1 Å². The fraction of sp³-hybridized carbons (Fsp3) is 0.150. The average Bonchev–Trinajstić information content (AvgIpc) is 2.67. The van der Waals surface area contributed by atoms with E-state index in [0.717, 1.165) is 5.56 Å². The first-order valence-corrected chi connectivity index (χ1v) is 8.58. The summed E-state index contributed by atoms with van der Waals surface area (Å²) in [5, 5.41) is 6.44. The second-order valence-electron chi connectivity index (χ2n) is 6.00. The van der Waals surface area contributed by atoms with E-state index in [1.54, 1.807) is 36.4 Å². The predicted octanol–water partition coefficient (Wildman–Crippen LogP) is 3.13. The summed E-state index contributed by atoms with van der Waals surface area (Å²) in [7, 11) is 1.31. The van der Waals surface area contributed by atoms with Crippen LogP contribution in [-0.2, 0) is 9.53 Å². The summed E-state index contributed by atoms with van der Waals surface area (Å²) < 4.78 is 18.0. The number of hydrogen-bond acceptors (Lipinski definition) is 4. The highest BCUT2D eigenvalue weighted by molar-refractivity contribution is 7.80. The minimum absolute atomic E-state index is 0.154. The van der Waals surface area contributed by atoms with Gasteiger partial charge in [-0.2, -0.15) is 0 Å². The van der Waals surface area contributed by atoms with Crippen LogP contribution in [-0.4, -0.2) is 24.0 Å². The molecule has 0 saturated carbocycles. The molecule has 1 atom stereocenters. The number of ether oxygens (including phenoxy) is 1. The zero-order valence-corrected chi connectivity index (χ0v) is 15.5. The van der Waals surface area contributed by atoms with Gasteiger partial charge in [-0.15, -0.1) is 0 Å². The molecule has 1 aliphatic heterocycles. The summed E-state index contributed by atoms with van der Waals surface area (Å²) in [6.45, 7) is 1.46. The van der Waals surface area contributed by atoms with Gasteiger partial charge in [-0.1, -0.05) is 12.1 Å². The Morgan fingerprint density at radius 3 is 2.26 bits per heavy atom. The molecule has 138 valence electrons. The number of Topliss-reactive ketones (excluding diaryl/α,β-unsaturated/α-hetero) is 1. The number of esters is 1. The lowest BCUT2D eigenvalue weighted by Crippen LogP contribution is -2.44. The van der Waals surface area contributed by atoms with E-state index in [2.05, 4.69) is 10.6 Å². The zero-order valence-electron chi connectivity index (χ0n) is 14.7. The molecule has 0 saturated heterocycles. The van der Waals surface area contributed by atoms with Gasteiger partial charge in [-0.05, 0) is 66.7 Å². The minimum Gasteiger partial charge on any atom is -0.465 e. The van der Waals surface area contributed by atoms with Gasteiger partial charge in [-0.3, -0.25) is 4.79 Å². The highest BCUT2D eigenvalue weighted by atomic mass is 32.1. The number of methoxy groups -OCH3 is 1. The van der Waals surface area contributed by atoms with E-state index in [1.807, 2.05) is 0 Å². The fourth-order valence-electron chi connectivity index (χ4n) is 2.97. The summed E-state index contributed by atoms with van der Waals surface area (Å²) in [4.78, 5) is 24.1. The van der Waals surface area contributed by atoms with E-state index in [0.29, 0.717) is 27.5 Å². The lowest BCUT2D eigenvalue weighted by molar-refractivity contribution is -0.113. The monoisotopic (exact) mass is 384 g/mol. The highest BCUT2D eigenvalue weighted by Crippen LogP contribution is 2.32. The Morgan fingerprint density at radius 2 is 1.70 bits per heavy atom. The molecule has 0 aliphatic carbocycles. The fourth-order valence-corrected chi connectivity index (χ4v) is 3.19. The van der Waals surface area contributed by atoms with Gasteiger partial charge >= 0.3 is 5.97 Å². The molecule has 0 aromatic heterocycles. The molecule has 2 aromatic carbocycles. The van der Waals surface area contributed by atoms with Crippen molar-refractivity contribution in [2.24, 2.45) is 0 Å². The van der Waals surface area contributed by atoms with E-state index in [-0.39, 0.29) is 11.6 Å². The van der Waals surface area contributed by atoms with Gasteiger partial charge in [0.25, 0.3) is 0 Å². The second kappa shape index (κ2) is 7.67. The summed E-state index contributed by atoms with van der Waals surface area (Å²) >= 11 is 5.30. The minimum atomic E-state index is -0.497. The Labute approximate surface area is 161 Å². The van der Waals surface area contributed by atoms with E-state index in [4.69, 9.17) is 17.0 Å². The number of ketones is 1. The zero-order chi connectivity index (χ0) is 19.6. The Hall–Kier alpha value is -3.06. The average molecular weight is 384 g/mol. The van der Waals surface area contributed by atoms with Gasteiger partial charge in [0.2, 0.25) is 0 Å². The topological polar surface area (TPSA) is 67.4 Å². The van der Waals surface area contributed by atoms with Gasteiger partial charge in [0.1, 0.15) is 5.82 Å². The van der Waals surface area contributed by atoms with Crippen molar-refractivity contribution in [1.82, 2.24) is 10.6 Å². The Bertz CT molecular complexity index is 937. The standard InChI is InChI=1S/C20H17FN2O3S/c1-11(24)16-17(12-3-5-14(6-4-12)19(25)26-2)22-20(27)23-18(16)13-7-9-15(21)10-8-13/h3-10,17H,1-2H3,(H2,22,23,27)/t17-/m0/s1. The van der Waals surface area contributed by atoms with Crippen molar-refractivity contribution in [2.45, 2.75) is 13.0 Å². The Kier molecular flexibility index (Phi) is 5.32. The van der Waals surface area contributed by atoms with Crippen molar-refractivity contribution in [3.63, 3.8) is 0 Å². The molecule has 5 nitrogen and oxygen atoms in total. The third-order valence-electron chi connectivity index (χ3n) is 4.25. The SMILES string of the molecule is COC(=O)c1ccc([C@@H]2NC(=S)NC(c3ccc(F)cc3)=C2C(C)=O)cc1. The third kappa shape index (κ3) is 3.88. The highest BCUT2D eigenvalue weighted by Gasteiger charge is 2.30. The summed E-state index contributed by atoms with van der Waals surface area (Å²) in [6, 6.07) is 12.1. The number of hydrogen-bond donors (Lipinski definition) is 2. The van der Waals surface area contributed by atoms with E-state index < -0.39 is 12.0 Å². The molecule has 2 aromatic rings. The number of carbonyl (C=O) groups excluding carboxylic acids is 2. The second-order valence-corrected chi connectivity index (χ2v) is 6.41. The van der Waals surface area contributed by atoms with Crippen LogP contribution in [0.1, 0.15) is 34.5 Å². The molecule has 3 rings (SSSR count). The first-order valence-electron chi connectivity index (χ1n) is 8.17. The number of thiocarbonyl (C=S) groups is 1. The summed E-state index contributed by atoms with van der Waals surface area (Å²) in [5.74, 6) is -0.960. The van der Waals surface area contributed by atoms with Gasteiger partial charge in [0.15, 0.2) is 10.9 Å². The number of rotatable bonds is 4. The van der Waals surface area contributed by atoms with Crippen molar-refractivity contribution >= 4 is 34.8 Å². The van der Waals surface area contributed by atoms with E-state index in [9.17, 15) is 14.0 Å². The van der Waals surface area contributed by atoms with Crippen molar-refractivity contribution in [1.29, 1.82) is 0 Å². The number of halogens is 1. The van der Waals surface area contributed by atoms with Crippen LogP contribution in [0.4, 0.5) is 4.39 Å². The molecule has 1 heterocycles. The number of benzene rings is 2. The van der Waals surface area contributed by atoms with Crippen LogP contribution in [0.3, 0.4) is 0 Å². The molecule has 0 bridgehead atoms. The van der Waals surface area contributed by atoms with Gasteiger partial charge in [0, 0.05) is 5.57 Å². The molecule has 0 amide bonds. The van der Waals surface area contributed by atoms with Crippen molar-refractivity contribution in [2.75, 3.05) is 7.11 Å². The van der Waals surface area contributed by atoms with Gasteiger partial charge < -0.3 is 15.4 Å². The van der Waals surface area contributed by atoms with Crippen molar-refractivity contribution in [3.05, 3.63) is 76.6 Å². The summed E-state index contributed by atoms with van der Waals surface area (Å²) in [6.07, 6.45) is 0. The van der Waals surface area contributed by atoms with Crippen LogP contribution in [0.2, 0.25) is 0 Å². The quantitative estimate of drug-likeness (QED) is 0.624. The first kappa shape index (κ1) is 18.7. The Morgan fingerprint density at radius 1 is 1.07 bits per heavy atom. The smallest absolute Gasteiger partial charge is 0.337 e. The Balaban J connectivity index is 2.08. The van der Waals surface area contributed by atoms with Gasteiger partial charge in [0.05, 0.1) is 24.4 Å². The van der Waals surface area contributed by atoms with Crippen LogP contribution in [0, 0.1) is 5.82 Å². The normalized spacial score (nSPS) is 16.4. The van der Waals surface area contributed by atoms with E-state index in [1.165, 1.54) is 26.2 Å². The predicted molar refractivity (Wildman–Crippen MR) is 103 cm³/mol. The van der Waals surface area contributed by atoms with Gasteiger partial charge in [-0.25, -0.2) is 9.18 Å². The molecular formula is C20H17FN2O3S. The molecule has 27 heavy (non-hydrogen) atoms. The maximum absolute atomic E-state index is 13.3. The van der Waals surface area contributed by atoms with E-state index >= 15 is 0 Å². The largest absolute Gasteiger partial charge is 0.465 e. The molecular weight excluding hydrogens is 367 g/mol. The van der Waals surface area contributed by atoms with Crippen LogP contribution in [0.25, 0.3) is 5.70 Å². The molecule has 7 heteroatoms. The molecule has 2 N–H and O–H groups in total. The third-order valence-corrected chi connectivity index (χ3v) is 4.47. The van der Waals surface area contributed by atoms with Crippen LogP contribution < -0.4 is 10.6 Å². The number of carbonyl (C=O) groups is 2. The van der Waals surface area contributed by atoms with Crippen LogP contribution >= 0.6 is 12.2 Å².